The number of anilines is 2. The summed E-state index contributed by atoms with van der Waals surface area (Å²) in [5, 5.41) is 17.5. The molecule has 0 saturated heterocycles. The maximum Gasteiger partial charge on any atom is 0.353 e. The van der Waals surface area contributed by atoms with Gasteiger partial charge in [-0.1, -0.05) is 26.7 Å². The van der Waals surface area contributed by atoms with Crippen molar-refractivity contribution >= 4 is 17.3 Å². The van der Waals surface area contributed by atoms with Gasteiger partial charge < -0.3 is 10.6 Å². The van der Waals surface area contributed by atoms with Crippen molar-refractivity contribution in [2.75, 3.05) is 17.2 Å². The fourth-order valence-electron chi connectivity index (χ4n) is 2.92. The summed E-state index contributed by atoms with van der Waals surface area (Å²) in [6.45, 7) is 6.88. The number of nitrogens with one attached hydrogen (secondary N) is 2. The van der Waals surface area contributed by atoms with E-state index in [0.29, 0.717) is 24.2 Å². The minimum atomic E-state index is -0.419. The number of nitrogens with zero attached hydrogens (tertiary/aromatic N) is 3. The molecule has 7 nitrogen and oxygen atoms in total. The fourth-order valence-corrected chi connectivity index (χ4v) is 2.92. The Kier molecular flexibility index (Phi) is 4.93. The van der Waals surface area contributed by atoms with Gasteiger partial charge in [0.2, 0.25) is 11.6 Å². The first-order chi connectivity index (χ1) is 10.0. The molecular formula is C14H23N5O2. The van der Waals surface area contributed by atoms with Gasteiger partial charge in [0.25, 0.3) is 0 Å². The van der Waals surface area contributed by atoms with Crippen molar-refractivity contribution in [3.63, 3.8) is 0 Å². The molecule has 3 unspecified atom stereocenters. The summed E-state index contributed by atoms with van der Waals surface area (Å²) in [7, 11) is 0. The summed E-state index contributed by atoms with van der Waals surface area (Å²) in [6, 6.07) is 0.219. The summed E-state index contributed by atoms with van der Waals surface area (Å²) in [5.74, 6) is 1.68. The molecular weight excluding hydrogens is 270 g/mol. The molecule has 0 aliphatic heterocycles. The van der Waals surface area contributed by atoms with Crippen molar-refractivity contribution in [1.82, 2.24) is 9.97 Å². The van der Waals surface area contributed by atoms with Gasteiger partial charge in [0.15, 0.2) is 0 Å². The van der Waals surface area contributed by atoms with Crippen LogP contribution in [-0.2, 0) is 0 Å². The second-order valence-corrected chi connectivity index (χ2v) is 5.73. The smallest absolute Gasteiger partial charge is 0.353 e. The normalized spacial score (nSPS) is 25.4. The van der Waals surface area contributed by atoms with Gasteiger partial charge in [0.05, 0.1) is 4.92 Å². The van der Waals surface area contributed by atoms with Crippen LogP contribution in [0.4, 0.5) is 17.3 Å². The Labute approximate surface area is 124 Å². The van der Waals surface area contributed by atoms with Gasteiger partial charge in [0.1, 0.15) is 6.33 Å². The van der Waals surface area contributed by atoms with E-state index in [4.69, 9.17) is 0 Å². The summed E-state index contributed by atoms with van der Waals surface area (Å²) >= 11 is 0. The molecule has 0 radical (unpaired) electrons. The third kappa shape index (κ3) is 3.40. The maximum absolute atomic E-state index is 11.4. The number of hydrogen-bond donors (Lipinski definition) is 2. The molecule has 1 aromatic heterocycles. The summed E-state index contributed by atoms with van der Waals surface area (Å²) in [4.78, 5) is 19.0. The van der Waals surface area contributed by atoms with E-state index < -0.39 is 4.92 Å². The van der Waals surface area contributed by atoms with E-state index in [1.54, 1.807) is 0 Å². The largest absolute Gasteiger partial charge is 0.364 e. The van der Waals surface area contributed by atoms with Crippen LogP contribution in [-0.4, -0.2) is 27.5 Å². The quantitative estimate of drug-likeness (QED) is 0.640. The van der Waals surface area contributed by atoms with Gasteiger partial charge >= 0.3 is 5.69 Å². The fraction of sp³-hybridized carbons (Fsp3) is 0.714. The van der Waals surface area contributed by atoms with Crippen LogP contribution in [0, 0.1) is 22.0 Å². The second-order valence-electron chi connectivity index (χ2n) is 5.73. The number of aromatic nitrogens is 2. The SMILES string of the molecule is CCNc1ncnc(NC2CCCC(C)C2C)c1[N+](=O)[O-]. The molecule has 0 bridgehead atoms. The molecule has 0 aromatic carbocycles. The zero-order valence-electron chi connectivity index (χ0n) is 12.8. The third-order valence-corrected chi connectivity index (χ3v) is 4.38. The maximum atomic E-state index is 11.4. The lowest BCUT2D eigenvalue weighted by molar-refractivity contribution is -0.383. The third-order valence-electron chi connectivity index (χ3n) is 4.38. The van der Waals surface area contributed by atoms with Crippen LogP contribution in [0.25, 0.3) is 0 Å². The van der Waals surface area contributed by atoms with Gasteiger partial charge in [-0.3, -0.25) is 10.1 Å². The second kappa shape index (κ2) is 6.69. The highest BCUT2D eigenvalue weighted by Gasteiger charge is 2.30. The molecule has 7 heteroatoms. The summed E-state index contributed by atoms with van der Waals surface area (Å²) in [6.07, 6.45) is 4.74. The number of hydrogen-bond acceptors (Lipinski definition) is 6. The lowest BCUT2D eigenvalue weighted by Gasteiger charge is -2.34. The van der Waals surface area contributed by atoms with E-state index in [0.717, 1.165) is 12.8 Å². The topological polar surface area (TPSA) is 93.0 Å². The molecule has 1 heterocycles. The van der Waals surface area contributed by atoms with Crippen molar-refractivity contribution in [1.29, 1.82) is 0 Å². The Morgan fingerprint density at radius 1 is 1.33 bits per heavy atom. The van der Waals surface area contributed by atoms with Crippen molar-refractivity contribution in [3.05, 3.63) is 16.4 Å². The van der Waals surface area contributed by atoms with Crippen molar-refractivity contribution in [2.45, 2.75) is 46.1 Å². The lowest BCUT2D eigenvalue weighted by atomic mass is 9.78. The van der Waals surface area contributed by atoms with E-state index in [9.17, 15) is 10.1 Å². The average Bonchev–Trinajstić information content (AvgIpc) is 2.44. The first-order valence-corrected chi connectivity index (χ1v) is 7.54. The molecule has 21 heavy (non-hydrogen) atoms. The van der Waals surface area contributed by atoms with Gasteiger partial charge in [-0.05, 0) is 25.2 Å². The van der Waals surface area contributed by atoms with Gasteiger partial charge in [-0.2, -0.15) is 0 Å². The summed E-state index contributed by atoms with van der Waals surface area (Å²) in [5.41, 5.74) is -0.0650. The minimum Gasteiger partial charge on any atom is -0.364 e. The van der Waals surface area contributed by atoms with Crippen molar-refractivity contribution in [3.8, 4) is 0 Å². The predicted molar refractivity (Wildman–Crippen MR) is 82.4 cm³/mol. The van der Waals surface area contributed by atoms with Crippen LogP contribution >= 0.6 is 0 Å². The standard InChI is InChI=1S/C14H23N5O2/c1-4-15-13-12(19(20)21)14(17-8-16-13)18-11-7-5-6-9(2)10(11)3/h8-11H,4-7H2,1-3H3,(H2,15,16,17,18). The molecule has 1 aromatic rings. The Hall–Kier alpha value is -1.92. The lowest BCUT2D eigenvalue weighted by Crippen LogP contribution is -2.35. The Bertz CT molecular complexity index is 508. The van der Waals surface area contributed by atoms with E-state index in [1.807, 2.05) is 6.92 Å². The zero-order valence-corrected chi connectivity index (χ0v) is 12.8. The number of rotatable bonds is 5. The highest BCUT2D eigenvalue weighted by molar-refractivity contribution is 5.69. The van der Waals surface area contributed by atoms with E-state index in [-0.39, 0.29) is 17.5 Å². The Morgan fingerprint density at radius 2 is 2.05 bits per heavy atom. The molecule has 2 rings (SSSR count). The molecule has 1 aliphatic carbocycles. The monoisotopic (exact) mass is 293 g/mol. The van der Waals surface area contributed by atoms with E-state index in [2.05, 4.69) is 34.4 Å². The first kappa shape index (κ1) is 15.5. The summed E-state index contributed by atoms with van der Waals surface area (Å²) < 4.78 is 0. The van der Waals surface area contributed by atoms with Gasteiger partial charge in [0, 0.05) is 12.6 Å². The number of nitro groups is 1. The Balaban J connectivity index is 2.26. The first-order valence-electron chi connectivity index (χ1n) is 7.54. The van der Waals surface area contributed by atoms with Crippen LogP contribution < -0.4 is 10.6 Å². The van der Waals surface area contributed by atoms with Gasteiger partial charge in [-0.25, -0.2) is 9.97 Å². The van der Waals surface area contributed by atoms with E-state index >= 15 is 0 Å². The van der Waals surface area contributed by atoms with Crippen molar-refractivity contribution < 1.29 is 4.92 Å². The molecule has 0 spiro atoms. The van der Waals surface area contributed by atoms with Crippen LogP contribution in [0.3, 0.4) is 0 Å². The molecule has 1 saturated carbocycles. The van der Waals surface area contributed by atoms with Crippen LogP contribution in [0.1, 0.15) is 40.0 Å². The molecule has 1 fully saturated rings. The zero-order chi connectivity index (χ0) is 15.4. The predicted octanol–water partition coefficient (Wildman–Crippen LogP) is 3.05. The average molecular weight is 293 g/mol. The van der Waals surface area contributed by atoms with Crippen molar-refractivity contribution in [2.24, 2.45) is 11.8 Å². The molecule has 1 aliphatic rings. The highest BCUT2D eigenvalue weighted by atomic mass is 16.6. The Morgan fingerprint density at radius 3 is 2.71 bits per heavy atom. The van der Waals surface area contributed by atoms with Crippen LogP contribution in [0.15, 0.2) is 6.33 Å². The molecule has 3 atom stereocenters. The van der Waals surface area contributed by atoms with Gasteiger partial charge in [-0.15, -0.1) is 0 Å². The molecule has 2 N–H and O–H groups in total. The van der Waals surface area contributed by atoms with E-state index in [1.165, 1.54) is 12.7 Å². The minimum absolute atomic E-state index is 0.0650. The van der Waals surface area contributed by atoms with Crippen LogP contribution in [0.5, 0.6) is 0 Å². The highest BCUT2D eigenvalue weighted by Crippen LogP contribution is 2.35. The molecule has 0 amide bonds. The molecule has 116 valence electrons. The van der Waals surface area contributed by atoms with Crippen LogP contribution in [0.2, 0.25) is 0 Å².